The van der Waals surface area contributed by atoms with Crippen LogP contribution in [-0.2, 0) is 16.8 Å². The summed E-state index contributed by atoms with van der Waals surface area (Å²) in [5.74, 6) is 0. The van der Waals surface area contributed by atoms with Gasteiger partial charge >= 0.3 is 0 Å². The number of pyridine rings is 1. The zero-order valence-corrected chi connectivity index (χ0v) is 22.6. The normalized spacial score (nSPS) is 17.5. The van der Waals surface area contributed by atoms with Crippen molar-refractivity contribution in [3.63, 3.8) is 0 Å². The van der Waals surface area contributed by atoms with E-state index in [0.717, 1.165) is 34.5 Å². The molecule has 2 aromatic rings. The molecule has 0 saturated heterocycles. The summed E-state index contributed by atoms with van der Waals surface area (Å²) in [6, 6.07) is 8.16. The highest BCUT2D eigenvalue weighted by atomic mass is 35.5. The molecule has 0 fully saturated rings. The van der Waals surface area contributed by atoms with Crippen molar-refractivity contribution in [1.82, 2.24) is 4.98 Å². The molecule has 1 aromatic carbocycles. The van der Waals surface area contributed by atoms with Gasteiger partial charge in [-0.05, 0) is 56.5 Å². The molecular formula is C31H46ClNO. The van der Waals surface area contributed by atoms with Crippen molar-refractivity contribution in [3.8, 4) is 0 Å². The first-order valence-electron chi connectivity index (χ1n) is 13.9. The molecule has 0 spiro atoms. The van der Waals surface area contributed by atoms with Gasteiger partial charge in [-0.3, -0.25) is 0 Å². The van der Waals surface area contributed by atoms with Gasteiger partial charge in [0.05, 0.1) is 17.3 Å². The highest BCUT2D eigenvalue weighted by Gasteiger charge is 2.34. The van der Waals surface area contributed by atoms with Crippen molar-refractivity contribution in [2.45, 2.75) is 129 Å². The maximum Gasteiger partial charge on any atom is 0.105 e. The number of allylic oxidation sites excluding steroid dienone is 1. The first-order valence-corrected chi connectivity index (χ1v) is 14.3. The Labute approximate surface area is 213 Å². The van der Waals surface area contributed by atoms with Gasteiger partial charge in [0.1, 0.15) is 5.60 Å². The Morgan fingerprint density at radius 2 is 1.53 bits per heavy atom. The number of unbranched alkanes of at least 4 members (excludes halogenated alkanes) is 13. The Balaban J connectivity index is 1.31. The van der Waals surface area contributed by atoms with Crippen molar-refractivity contribution in [2.24, 2.45) is 0 Å². The third-order valence-corrected chi connectivity index (χ3v) is 7.35. The summed E-state index contributed by atoms with van der Waals surface area (Å²) in [7, 11) is 0. The molecule has 0 N–H and O–H groups in total. The van der Waals surface area contributed by atoms with Crippen LogP contribution in [0.2, 0.25) is 5.02 Å². The third-order valence-electron chi connectivity index (χ3n) is 7.12. The Bertz CT molecular complexity index is 904. The van der Waals surface area contributed by atoms with Crippen molar-refractivity contribution < 1.29 is 4.74 Å². The van der Waals surface area contributed by atoms with E-state index in [1.54, 1.807) is 0 Å². The van der Waals surface area contributed by atoms with Crippen molar-refractivity contribution in [3.05, 3.63) is 52.7 Å². The Kier molecular flexibility index (Phi) is 11.4. The van der Waals surface area contributed by atoms with Crippen LogP contribution in [0.25, 0.3) is 10.9 Å². The molecule has 188 valence electrons. The minimum atomic E-state index is -0.383. The summed E-state index contributed by atoms with van der Waals surface area (Å²) < 4.78 is 6.42. The first kappa shape index (κ1) is 27.2. The van der Waals surface area contributed by atoms with E-state index in [1.807, 2.05) is 18.2 Å². The smallest absolute Gasteiger partial charge is 0.105 e. The topological polar surface area (TPSA) is 22.1 Å². The van der Waals surface area contributed by atoms with Crippen molar-refractivity contribution in [1.29, 1.82) is 0 Å². The molecule has 0 aliphatic carbocycles. The maximum atomic E-state index is 6.42. The molecule has 2 nitrogen and oxygen atoms in total. The monoisotopic (exact) mass is 483 g/mol. The number of benzene rings is 1. The number of nitrogens with zero attached hydrogens (tertiary/aromatic N) is 1. The fraction of sp³-hybridized carbons (Fsp3) is 0.645. The summed E-state index contributed by atoms with van der Waals surface area (Å²) in [6.07, 6.45) is 25.0. The molecule has 2 heterocycles. The Morgan fingerprint density at radius 3 is 2.18 bits per heavy atom. The van der Waals surface area contributed by atoms with Gasteiger partial charge in [0, 0.05) is 16.8 Å². The van der Waals surface area contributed by atoms with E-state index in [2.05, 4.69) is 39.0 Å². The van der Waals surface area contributed by atoms with Crippen LogP contribution in [-0.4, -0.2) is 11.1 Å². The second kappa shape index (κ2) is 14.2. The van der Waals surface area contributed by atoms with Gasteiger partial charge in [-0.1, -0.05) is 108 Å². The highest BCUT2D eigenvalue weighted by molar-refractivity contribution is 6.31. The first-order chi connectivity index (χ1) is 16.5. The van der Waals surface area contributed by atoms with E-state index in [4.69, 9.17) is 21.3 Å². The minimum absolute atomic E-state index is 0.114. The van der Waals surface area contributed by atoms with Gasteiger partial charge in [0.2, 0.25) is 0 Å². The lowest BCUT2D eigenvalue weighted by Gasteiger charge is -2.36. The van der Waals surface area contributed by atoms with Crippen molar-refractivity contribution in [2.75, 3.05) is 0 Å². The van der Waals surface area contributed by atoms with Crippen LogP contribution in [0.4, 0.5) is 0 Å². The van der Waals surface area contributed by atoms with Crippen LogP contribution < -0.4 is 0 Å². The van der Waals surface area contributed by atoms with E-state index in [9.17, 15) is 0 Å². The summed E-state index contributed by atoms with van der Waals surface area (Å²) >= 11 is 6.20. The van der Waals surface area contributed by atoms with E-state index in [1.165, 1.54) is 89.0 Å². The molecule has 0 amide bonds. The van der Waals surface area contributed by atoms with Crippen LogP contribution >= 0.6 is 11.6 Å². The number of aromatic nitrogens is 1. The van der Waals surface area contributed by atoms with Gasteiger partial charge in [-0.2, -0.15) is 0 Å². The van der Waals surface area contributed by atoms with E-state index in [-0.39, 0.29) is 11.7 Å². The molecule has 0 saturated carbocycles. The summed E-state index contributed by atoms with van der Waals surface area (Å²) in [5.41, 5.74) is 2.94. The zero-order valence-electron chi connectivity index (χ0n) is 21.9. The number of ether oxygens (including phenoxy) is 1. The van der Waals surface area contributed by atoms with Crippen LogP contribution in [0.1, 0.15) is 122 Å². The molecule has 3 heteroatoms. The number of hydrogen-bond donors (Lipinski definition) is 0. The Morgan fingerprint density at radius 1 is 0.912 bits per heavy atom. The molecular weight excluding hydrogens is 438 g/mol. The molecule has 1 unspecified atom stereocenters. The van der Waals surface area contributed by atoms with Crippen LogP contribution in [0.3, 0.4) is 0 Å². The molecule has 0 bridgehead atoms. The molecule has 1 atom stereocenters. The predicted octanol–water partition coefficient (Wildman–Crippen LogP) is 10.1. The number of hydrogen-bond acceptors (Lipinski definition) is 2. The molecule has 1 aliphatic rings. The fourth-order valence-electron chi connectivity index (χ4n) is 5.20. The average Bonchev–Trinajstić information content (AvgIpc) is 2.80. The van der Waals surface area contributed by atoms with Crippen LogP contribution in [0, 0.1) is 0 Å². The maximum absolute atomic E-state index is 6.42. The highest BCUT2D eigenvalue weighted by Crippen LogP contribution is 2.36. The minimum Gasteiger partial charge on any atom is -0.362 e. The number of fused-ring (bicyclic) bond motifs is 2. The lowest BCUT2D eigenvalue weighted by Crippen LogP contribution is -2.36. The van der Waals surface area contributed by atoms with Gasteiger partial charge in [-0.15, -0.1) is 0 Å². The molecule has 1 aliphatic heterocycles. The van der Waals surface area contributed by atoms with Gasteiger partial charge in [0.15, 0.2) is 0 Å². The summed E-state index contributed by atoms with van der Waals surface area (Å²) in [5, 5.41) is 1.87. The molecule has 0 radical (unpaired) electrons. The molecule has 1 aromatic heterocycles. The lowest BCUT2D eigenvalue weighted by molar-refractivity contribution is -0.0698. The van der Waals surface area contributed by atoms with Crippen LogP contribution in [0.5, 0.6) is 0 Å². The predicted molar refractivity (Wildman–Crippen MR) is 148 cm³/mol. The molecule has 34 heavy (non-hydrogen) atoms. The van der Waals surface area contributed by atoms with E-state index < -0.39 is 0 Å². The third kappa shape index (κ3) is 8.68. The van der Waals surface area contributed by atoms with Gasteiger partial charge in [0.25, 0.3) is 0 Å². The standard InChI is InChI=1S/C31H46ClNO/c1-4-5-6-7-8-9-10-11-12-13-14-15-16-17-18-19-28-24-26-22-25-23-27(32)20-21-29(25)33-30(26)31(2,3)34-28/h18-23,28H,4-17,24H2,1-3H3/b19-18+. The second-order valence-corrected chi connectivity index (χ2v) is 11.1. The van der Waals surface area contributed by atoms with Crippen LogP contribution in [0.15, 0.2) is 36.4 Å². The lowest BCUT2D eigenvalue weighted by atomic mass is 9.90. The quantitative estimate of drug-likeness (QED) is 0.185. The Hall–Kier alpha value is -1.38. The van der Waals surface area contributed by atoms with Gasteiger partial charge < -0.3 is 4.74 Å². The zero-order chi connectivity index (χ0) is 24.2. The largest absolute Gasteiger partial charge is 0.362 e. The second-order valence-electron chi connectivity index (χ2n) is 10.7. The molecule has 3 rings (SSSR count). The summed E-state index contributed by atoms with van der Waals surface area (Å²) in [6.45, 7) is 6.55. The average molecular weight is 484 g/mol. The summed E-state index contributed by atoms with van der Waals surface area (Å²) in [4.78, 5) is 4.91. The number of halogens is 1. The SMILES string of the molecule is CCCCCCCCCCCCCCC/C=C/C1Cc2cc3cc(Cl)ccc3nc2C(C)(C)O1. The van der Waals surface area contributed by atoms with Gasteiger partial charge in [-0.25, -0.2) is 4.98 Å². The fourth-order valence-corrected chi connectivity index (χ4v) is 5.38. The van der Waals surface area contributed by atoms with E-state index >= 15 is 0 Å². The number of rotatable bonds is 15. The van der Waals surface area contributed by atoms with E-state index in [0.29, 0.717) is 0 Å². The van der Waals surface area contributed by atoms with Crippen molar-refractivity contribution >= 4 is 22.5 Å².